The summed E-state index contributed by atoms with van der Waals surface area (Å²) in [4.78, 5) is 2.04. The lowest BCUT2D eigenvalue weighted by atomic mass is 10.2. The predicted octanol–water partition coefficient (Wildman–Crippen LogP) is 3.86. The van der Waals surface area contributed by atoms with E-state index >= 15 is 0 Å². The number of nitrogens with one attached hydrogen (secondary N) is 1. The second-order valence-electron chi connectivity index (χ2n) is 5.33. The average molecular weight is 290 g/mol. The highest BCUT2D eigenvalue weighted by molar-refractivity contribution is 5.45. The van der Waals surface area contributed by atoms with Crippen LogP contribution >= 0.6 is 0 Å². The van der Waals surface area contributed by atoms with Crippen molar-refractivity contribution in [2.24, 2.45) is 0 Å². The second-order valence-corrected chi connectivity index (χ2v) is 5.33. The number of rotatable bonds is 7. The number of furan rings is 1. The zero-order valence-corrected chi connectivity index (χ0v) is 12.9. The lowest BCUT2D eigenvalue weighted by molar-refractivity contribution is 0.444. The zero-order chi connectivity index (χ0) is 15.2. The van der Waals surface area contributed by atoms with Gasteiger partial charge in [0.15, 0.2) is 0 Å². The molecule has 1 aromatic carbocycles. The summed E-state index contributed by atoms with van der Waals surface area (Å²) in [5.74, 6) is 1.70. The molecule has 4 heteroatoms. The van der Waals surface area contributed by atoms with E-state index in [9.17, 15) is 4.39 Å². The Morgan fingerprint density at radius 1 is 1.24 bits per heavy atom. The first-order valence-corrected chi connectivity index (χ1v) is 7.35. The van der Waals surface area contributed by atoms with Gasteiger partial charge >= 0.3 is 0 Å². The van der Waals surface area contributed by atoms with E-state index in [0.717, 1.165) is 36.7 Å². The number of nitrogens with zero attached hydrogens (tertiary/aromatic N) is 1. The van der Waals surface area contributed by atoms with Crippen molar-refractivity contribution in [1.29, 1.82) is 0 Å². The van der Waals surface area contributed by atoms with Gasteiger partial charge in [-0.25, -0.2) is 4.39 Å². The fourth-order valence-electron chi connectivity index (χ4n) is 2.24. The third-order valence-electron chi connectivity index (χ3n) is 3.44. The summed E-state index contributed by atoms with van der Waals surface area (Å²) in [6.07, 6.45) is 1.11. The van der Waals surface area contributed by atoms with Crippen LogP contribution < -0.4 is 10.2 Å². The summed E-state index contributed by atoms with van der Waals surface area (Å²) in [6, 6.07) is 8.56. The summed E-state index contributed by atoms with van der Waals surface area (Å²) >= 11 is 0. The number of aryl methyl sites for hydroxylation is 1. The standard InChI is InChI=1S/C17H23FN2O/c1-4-9-19-11-17-13(2)10-16(21-17)12-20(3)15-7-5-14(18)6-8-15/h5-8,10,19H,4,9,11-12H2,1-3H3. The van der Waals surface area contributed by atoms with Crippen molar-refractivity contribution in [1.82, 2.24) is 5.32 Å². The number of hydrogen-bond donors (Lipinski definition) is 1. The van der Waals surface area contributed by atoms with Gasteiger partial charge in [-0.05, 0) is 55.8 Å². The first kappa shape index (κ1) is 15.6. The van der Waals surface area contributed by atoms with Crippen LogP contribution in [0.2, 0.25) is 0 Å². The molecule has 1 N–H and O–H groups in total. The summed E-state index contributed by atoms with van der Waals surface area (Å²) in [7, 11) is 1.97. The second kappa shape index (κ2) is 7.27. The van der Waals surface area contributed by atoms with Crippen LogP contribution in [0, 0.1) is 12.7 Å². The third kappa shape index (κ3) is 4.33. The molecule has 0 saturated carbocycles. The van der Waals surface area contributed by atoms with Gasteiger partial charge in [0.1, 0.15) is 17.3 Å². The van der Waals surface area contributed by atoms with E-state index in [-0.39, 0.29) is 5.82 Å². The molecule has 0 bridgehead atoms. The van der Waals surface area contributed by atoms with Gasteiger partial charge in [-0.1, -0.05) is 6.92 Å². The Bertz CT molecular complexity index is 563. The largest absolute Gasteiger partial charge is 0.463 e. The van der Waals surface area contributed by atoms with Gasteiger partial charge in [0.05, 0.1) is 13.1 Å². The molecular weight excluding hydrogens is 267 g/mol. The molecule has 0 unspecified atom stereocenters. The Kier molecular flexibility index (Phi) is 5.39. The average Bonchev–Trinajstić information content (AvgIpc) is 2.80. The maximum Gasteiger partial charge on any atom is 0.123 e. The van der Waals surface area contributed by atoms with E-state index < -0.39 is 0 Å². The van der Waals surface area contributed by atoms with Crippen molar-refractivity contribution in [2.45, 2.75) is 33.4 Å². The van der Waals surface area contributed by atoms with Crippen LogP contribution in [0.4, 0.5) is 10.1 Å². The molecular formula is C17H23FN2O. The van der Waals surface area contributed by atoms with Crippen molar-refractivity contribution in [2.75, 3.05) is 18.5 Å². The first-order valence-electron chi connectivity index (χ1n) is 7.35. The number of anilines is 1. The van der Waals surface area contributed by atoms with E-state index in [0.29, 0.717) is 6.54 Å². The van der Waals surface area contributed by atoms with Crippen LogP contribution in [0.15, 0.2) is 34.7 Å². The van der Waals surface area contributed by atoms with Gasteiger partial charge in [-0.3, -0.25) is 0 Å². The highest BCUT2D eigenvalue weighted by Crippen LogP contribution is 2.20. The zero-order valence-electron chi connectivity index (χ0n) is 12.9. The molecule has 21 heavy (non-hydrogen) atoms. The molecule has 1 heterocycles. The molecule has 0 saturated heterocycles. The Morgan fingerprint density at radius 3 is 2.62 bits per heavy atom. The molecule has 0 aliphatic carbocycles. The normalized spacial score (nSPS) is 10.9. The van der Waals surface area contributed by atoms with Gasteiger partial charge in [-0.15, -0.1) is 0 Å². The molecule has 3 nitrogen and oxygen atoms in total. The fraction of sp³-hybridized carbons (Fsp3) is 0.412. The van der Waals surface area contributed by atoms with Crippen molar-refractivity contribution in [3.05, 3.63) is 53.2 Å². The first-order chi connectivity index (χ1) is 10.1. The lowest BCUT2D eigenvalue weighted by Gasteiger charge is -2.17. The molecule has 0 fully saturated rings. The summed E-state index contributed by atoms with van der Waals surface area (Å²) in [6.45, 7) is 6.63. The van der Waals surface area contributed by atoms with Gasteiger partial charge in [0.25, 0.3) is 0 Å². The minimum atomic E-state index is -0.217. The lowest BCUT2D eigenvalue weighted by Crippen LogP contribution is -2.16. The Balaban J connectivity index is 1.99. The maximum absolute atomic E-state index is 12.9. The summed E-state index contributed by atoms with van der Waals surface area (Å²) < 4.78 is 18.8. The highest BCUT2D eigenvalue weighted by atomic mass is 19.1. The SMILES string of the molecule is CCCNCc1oc(CN(C)c2ccc(F)cc2)cc1C. The van der Waals surface area contributed by atoms with Crippen LogP contribution in [0.3, 0.4) is 0 Å². The van der Waals surface area contributed by atoms with Crippen LogP contribution in [0.1, 0.15) is 30.4 Å². The Labute approximate surface area is 125 Å². The molecule has 1 aromatic heterocycles. The van der Waals surface area contributed by atoms with Crippen LogP contribution in [0.5, 0.6) is 0 Å². The van der Waals surface area contributed by atoms with Gasteiger partial charge < -0.3 is 14.6 Å². The molecule has 0 aliphatic rings. The minimum absolute atomic E-state index is 0.217. The molecule has 114 valence electrons. The molecule has 0 radical (unpaired) electrons. The van der Waals surface area contributed by atoms with Crippen molar-refractivity contribution >= 4 is 5.69 Å². The smallest absolute Gasteiger partial charge is 0.123 e. The van der Waals surface area contributed by atoms with Crippen LogP contribution in [0.25, 0.3) is 0 Å². The predicted molar refractivity (Wildman–Crippen MR) is 83.9 cm³/mol. The third-order valence-corrected chi connectivity index (χ3v) is 3.44. The van der Waals surface area contributed by atoms with E-state index in [2.05, 4.69) is 25.2 Å². The van der Waals surface area contributed by atoms with Crippen molar-refractivity contribution in [3.63, 3.8) is 0 Å². The minimum Gasteiger partial charge on any atom is -0.463 e. The van der Waals surface area contributed by atoms with E-state index in [1.807, 2.05) is 11.9 Å². The quantitative estimate of drug-likeness (QED) is 0.785. The Morgan fingerprint density at radius 2 is 1.95 bits per heavy atom. The van der Waals surface area contributed by atoms with Gasteiger partial charge in [0, 0.05) is 12.7 Å². The molecule has 0 spiro atoms. The molecule has 0 amide bonds. The van der Waals surface area contributed by atoms with Crippen LogP contribution in [-0.4, -0.2) is 13.6 Å². The Hall–Kier alpha value is -1.81. The van der Waals surface area contributed by atoms with Gasteiger partial charge in [-0.2, -0.15) is 0 Å². The summed E-state index contributed by atoms with van der Waals surface area (Å²) in [5.41, 5.74) is 2.14. The number of benzene rings is 1. The van der Waals surface area contributed by atoms with Crippen molar-refractivity contribution < 1.29 is 8.81 Å². The molecule has 0 atom stereocenters. The monoisotopic (exact) mass is 290 g/mol. The van der Waals surface area contributed by atoms with Crippen molar-refractivity contribution in [3.8, 4) is 0 Å². The number of hydrogen-bond acceptors (Lipinski definition) is 3. The molecule has 0 aliphatic heterocycles. The van der Waals surface area contributed by atoms with Crippen LogP contribution in [-0.2, 0) is 13.1 Å². The fourth-order valence-corrected chi connectivity index (χ4v) is 2.24. The molecule has 2 aromatic rings. The molecule has 2 rings (SSSR count). The maximum atomic E-state index is 12.9. The van der Waals surface area contributed by atoms with E-state index in [4.69, 9.17) is 4.42 Å². The number of halogens is 1. The topological polar surface area (TPSA) is 28.4 Å². The summed E-state index contributed by atoms with van der Waals surface area (Å²) in [5, 5.41) is 3.35. The van der Waals surface area contributed by atoms with Gasteiger partial charge in [0.2, 0.25) is 0 Å². The highest BCUT2D eigenvalue weighted by Gasteiger charge is 2.10. The van der Waals surface area contributed by atoms with E-state index in [1.54, 1.807) is 12.1 Å². The van der Waals surface area contributed by atoms with E-state index in [1.165, 1.54) is 17.7 Å².